The van der Waals surface area contributed by atoms with Gasteiger partial charge in [0.05, 0.1) is 5.69 Å². The molecule has 1 atom stereocenters. The standard InChI is InChI=1S/C18H20BrN5O5S/c1-3-24-8-4-5-11(17(24)29)23-15(27)10(6-7-12(25)14(20)26)22-16(28)13-9(2)21-18(19)30-13/h4-5,8,10H,3,6-7H2,1-2H3,(H2,20,26)(H,22,28)(H,23,27)/t10-/m0/s1. The number of Topliss-reactive ketones (excluding diaryl/α,β-unsaturated/α-hetero) is 1. The molecule has 4 N–H and O–H groups in total. The fourth-order valence-electron chi connectivity index (χ4n) is 2.57. The summed E-state index contributed by atoms with van der Waals surface area (Å²) < 4.78 is 1.90. The highest BCUT2D eigenvalue weighted by atomic mass is 79.9. The number of nitrogens with one attached hydrogen (secondary N) is 2. The number of hydrogen-bond donors (Lipinski definition) is 3. The zero-order valence-corrected chi connectivity index (χ0v) is 18.6. The van der Waals surface area contributed by atoms with Crippen LogP contribution in [0.15, 0.2) is 27.0 Å². The van der Waals surface area contributed by atoms with Crippen LogP contribution in [0.2, 0.25) is 0 Å². The molecule has 0 fully saturated rings. The molecule has 30 heavy (non-hydrogen) atoms. The molecular weight excluding hydrogens is 478 g/mol. The summed E-state index contributed by atoms with van der Waals surface area (Å²) in [5, 5.41) is 5.01. The molecule has 2 heterocycles. The third-order valence-corrected chi connectivity index (χ3v) is 5.76. The molecule has 0 aliphatic rings. The molecule has 0 aliphatic heterocycles. The Hall–Kier alpha value is -2.86. The highest BCUT2D eigenvalue weighted by Gasteiger charge is 2.26. The normalized spacial score (nSPS) is 11.6. The van der Waals surface area contributed by atoms with Crippen molar-refractivity contribution in [1.82, 2.24) is 14.9 Å². The molecule has 0 radical (unpaired) electrons. The van der Waals surface area contributed by atoms with E-state index in [4.69, 9.17) is 5.73 Å². The van der Waals surface area contributed by atoms with Crippen molar-refractivity contribution >= 4 is 56.5 Å². The molecule has 12 heteroatoms. The van der Waals surface area contributed by atoms with Crippen molar-refractivity contribution in [2.24, 2.45) is 5.73 Å². The van der Waals surface area contributed by atoms with Crippen LogP contribution in [-0.2, 0) is 20.9 Å². The topological polar surface area (TPSA) is 153 Å². The average molecular weight is 498 g/mol. The Balaban J connectivity index is 2.23. The molecule has 2 aromatic heterocycles. The molecule has 0 aromatic carbocycles. The van der Waals surface area contributed by atoms with Gasteiger partial charge in [-0.2, -0.15) is 0 Å². The van der Waals surface area contributed by atoms with Crippen LogP contribution in [0, 0.1) is 6.92 Å². The Kier molecular flexibility index (Phi) is 8.00. The van der Waals surface area contributed by atoms with Gasteiger partial charge in [0.25, 0.3) is 17.4 Å². The monoisotopic (exact) mass is 497 g/mol. The Bertz CT molecular complexity index is 1050. The van der Waals surface area contributed by atoms with Crippen LogP contribution < -0.4 is 21.9 Å². The number of nitrogens with two attached hydrogens (primary N) is 1. The first-order valence-corrected chi connectivity index (χ1v) is 10.5. The van der Waals surface area contributed by atoms with Gasteiger partial charge < -0.3 is 20.9 Å². The summed E-state index contributed by atoms with van der Waals surface area (Å²) in [5.74, 6) is -3.27. The van der Waals surface area contributed by atoms with Crippen molar-refractivity contribution < 1.29 is 19.2 Å². The highest BCUT2D eigenvalue weighted by Crippen LogP contribution is 2.22. The van der Waals surface area contributed by atoms with Crippen molar-refractivity contribution in [1.29, 1.82) is 0 Å². The molecule has 160 valence electrons. The lowest BCUT2D eigenvalue weighted by molar-refractivity contribution is -0.136. The first kappa shape index (κ1) is 23.4. The van der Waals surface area contributed by atoms with Gasteiger partial charge in [0.15, 0.2) is 3.92 Å². The SMILES string of the molecule is CCn1cccc(NC(=O)[C@H](CCC(=O)C(N)=O)NC(=O)c2sc(Br)nc2C)c1=O. The van der Waals surface area contributed by atoms with E-state index in [0.717, 1.165) is 11.3 Å². The Morgan fingerprint density at radius 2 is 2.03 bits per heavy atom. The smallest absolute Gasteiger partial charge is 0.284 e. The molecule has 0 aliphatic carbocycles. The van der Waals surface area contributed by atoms with Crippen LogP contribution in [0.5, 0.6) is 0 Å². The van der Waals surface area contributed by atoms with Gasteiger partial charge in [-0.25, -0.2) is 4.98 Å². The van der Waals surface area contributed by atoms with Crippen molar-refractivity contribution in [3.8, 4) is 0 Å². The summed E-state index contributed by atoms with van der Waals surface area (Å²) in [6.45, 7) is 3.83. The number of thiazole rings is 1. The van der Waals surface area contributed by atoms with Crippen molar-refractivity contribution in [3.05, 3.63) is 43.2 Å². The summed E-state index contributed by atoms with van der Waals surface area (Å²) in [6, 6.07) is 1.85. The quantitative estimate of drug-likeness (QED) is 0.438. The van der Waals surface area contributed by atoms with Gasteiger partial charge in [0.2, 0.25) is 11.7 Å². The summed E-state index contributed by atoms with van der Waals surface area (Å²) in [7, 11) is 0. The number of hydrogen-bond acceptors (Lipinski definition) is 7. The van der Waals surface area contributed by atoms with Crippen molar-refractivity contribution in [2.75, 3.05) is 5.32 Å². The lowest BCUT2D eigenvalue weighted by Gasteiger charge is -2.18. The van der Waals surface area contributed by atoms with Gasteiger partial charge >= 0.3 is 0 Å². The van der Waals surface area contributed by atoms with Crippen LogP contribution in [0.25, 0.3) is 0 Å². The van der Waals surface area contributed by atoms with Gasteiger partial charge in [0.1, 0.15) is 16.6 Å². The fourth-order valence-corrected chi connectivity index (χ4v) is 4.01. The second kappa shape index (κ2) is 10.3. The number of rotatable bonds is 9. The molecule has 2 aromatic rings. The van der Waals surface area contributed by atoms with E-state index in [1.54, 1.807) is 26.1 Å². The molecule has 10 nitrogen and oxygen atoms in total. The average Bonchev–Trinajstić information content (AvgIpc) is 3.04. The van der Waals surface area contributed by atoms with E-state index in [9.17, 15) is 24.0 Å². The number of nitrogens with zero attached hydrogens (tertiary/aromatic N) is 2. The number of aryl methyl sites for hydroxylation is 2. The third kappa shape index (κ3) is 5.83. The number of amides is 3. The summed E-state index contributed by atoms with van der Waals surface area (Å²) in [6.07, 6.45) is 1.06. The minimum absolute atomic E-state index is 0.0292. The van der Waals surface area contributed by atoms with E-state index >= 15 is 0 Å². The summed E-state index contributed by atoms with van der Waals surface area (Å²) in [5.41, 5.74) is 5.04. The number of anilines is 1. The van der Waals surface area contributed by atoms with Gasteiger partial charge in [0, 0.05) is 19.2 Å². The van der Waals surface area contributed by atoms with Gasteiger partial charge in [-0.3, -0.25) is 24.0 Å². The molecular formula is C18H20BrN5O5S. The first-order chi connectivity index (χ1) is 14.1. The number of carbonyl (C=O) groups is 4. The second-order valence-electron chi connectivity index (χ2n) is 6.24. The predicted molar refractivity (Wildman–Crippen MR) is 114 cm³/mol. The first-order valence-electron chi connectivity index (χ1n) is 8.90. The summed E-state index contributed by atoms with van der Waals surface area (Å²) >= 11 is 4.28. The van der Waals surface area contributed by atoms with Crippen LogP contribution >= 0.6 is 27.3 Å². The molecule has 0 saturated carbocycles. The third-order valence-electron chi connectivity index (χ3n) is 4.15. The molecule has 0 spiro atoms. The van der Waals surface area contributed by atoms with Crippen LogP contribution in [0.1, 0.15) is 35.1 Å². The van der Waals surface area contributed by atoms with E-state index in [0.29, 0.717) is 16.2 Å². The van der Waals surface area contributed by atoms with Gasteiger partial charge in [-0.1, -0.05) is 0 Å². The minimum atomic E-state index is -1.18. The minimum Gasteiger partial charge on any atom is -0.363 e. The van der Waals surface area contributed by atoms with E-state index in [-0.39, 0.29) is 23.4 Å². The van der Waals surface area contributed by atoms with Crippen molar-refractivity contribution in [2.45, 2.75) is 39.3 Å². The lowest BCUT2D eigenvalue weighted by atomic mass is 10.1. The Labute approximate surface area is 184 Å². The Morgan fingerprint density at radius 1 is 1.33 bits per heavy atom. The van der Waals surface area contributed by atoms with Crippen LogP contribution in [0.3, 0.4) is 0 Å². The maximum Gasteiger partial charge on any atom is 0.284 e. The molecule has 3 amide bonds. The number of primary amides is 1. The number of pyridine rings is 1. The largest absolute Gasteiger partial charge is 0.363 e. The van der Waals surface area contributed by atoms with Crippen molar-refractivity contribution in [3.63, 3.8) is 0 Å². The van der Waals surface area contributed by atoms with Gasteiger partial charge in [-0.05, 0) is 48.3 Å². The number of carbonyl (C=O) groups excluding carboxylic acids is 4. The molecule has 0 unspecified atom stereocenters. The zero-order chi connectivity index (χ0) is 22.4. The summed E-state index contributed by atoms with van der Waals surface area (Å²) in [4.78, 5) is 64.7. The van der Waals surface area contributed by atoms with E-state index in [2.05, 4.69) is 31.5 Å². The molecule has 2 rings (SSSR count). The zero-order valence-electron chi connectivity index (χ0n) is 16.2. The van der Waals surface area contributed by atoms with E-state index in [1.165, 1.54) is 10.6 Å². The number of aromatic nitrogens is 2. The van der Waals surface area contributed by atoms with E-state index in [1.807, 2.05) is 0 Å². The number of ketones is 1. The van der Waals surface area contributed by atoms with Crippen LogP contribution in [0.4, 0.5) is 5.69 Å². The molecule has 0 bridgehead atoms. The van der Waals surface area contributed by atoms with Gasteiger partial charge in [-0.15, -0.1) is 11.3 Å². The fraction of sp³-hybridized carbons (Fsp3) is 0.333. The highest BCUT2D eigenvalue weighted by molar-refractivity contribution is 9.11. The van der Waals surface area contributed by atoms with E-state index < -0.39 is 35.1 Å². The lowest BCUT2D eigenvalue weighted by Crippen LogP contribution is -2.45. The predicted octanol–water partition coefficient (Wildman–Crippen LogP) is 0.967. The maximum atomic E-state index is 12.8. The Morgan fingerprint density at radius 3 is 2.60 bits per heavy atom. The maximum absolute atomic E-state index is 12.8. The second-order valence-corrected chi connectivity index (χ2v) is 8.51. The number of halogens is 1. The van der Waals surface area contributed by atoms with Crippen LogP contribution in [-0.4, -0.2) is 39.1 Å². The molecule has 0 saturated heterocycles.